The van der Waals surface area contributed by atoms with Gasteiger partial charge in [0.05, 0.1) is 12.4 Å². The number of sulfonamides is 1. The summed E-state index contributed by atoms with van der Waals surface area (Å²) in [4.78, 5) is 13.7. The van der Waals surface area contributed by atoms with Gasteiger partial charge in [0.15, 0.2) is 0 Å². The van der Waals surface area contributed by atoms with Crippen LogP contribution in [0.3, 0.4) is 0 Å². The maximum atomic E-state index is 12.0. The molecule has 2 saturated heterocycles. The van der Waals surface area contributed by atoms with Crippen molar-refractivity contribution in [3.8, 4) is 0 Å². The van der Waals surface area contributed by atoms with Crippen LogP contribution in [0.2, 0.25) is 0 Å². The van der Waals surface area contributed by atoms with E-state index in [-0.39, 0.29) is 18.2 Å². The number of nitrogens with zero attached hydrogens (tertiary/aromatic N) is 1. The van der Waals surface area contributed by atoms with E-state index in [1.54, 1.807) is 4.90 Å². The van der Waals surface area contributed by atoms with Crippen molar-refractivity contribution in [1.29, 1.82) is 0 Å². The lowest BCUT2D eigenvalue weighted by atomic mass is 10.1. The number of nitrogens with one attached hydrogen (secondary N) is 2. The van der Waals surface area contributed by atoms with Gasteiger partial charge in [-0.3, -0.25) is 0 Å². The van der Waals surface area contributed by atoms with Crippen LogP contribution in [0.15, 0.2) is 0 Å². The Morgan fingerprint density at radius 1 is 1.35 bits per heavy atom. The Balaban J connectivity index is 1.77. The van der Waals surface area contributed by atoms with Crippen LogP contribution < -0.4 is 10.0 Å². The van der Waals surface area contributed by atoms with E-state index in [2.05, 4.69) is 10.0 Å². The summed E-state index contributed by atoms with van der Waals surface area (Å²) in [5.41, 5.74) is 0. The lowest BCUT2D eigenvalue weighted by molar-refractivity contribution is 0.107. The number of ether oxygens (including phenoxy) is 1. The molecule has 2 atom stereocenters. The molecule has 2 aliphatic heterocycles. The van der Waals surface area contributed by atoms with Gasteiger partial charge in [0, 0.05) is 32.3 Å². The van der Waals surface area contributed by atoms with Crippen LogP contribution >= 0.6 is 0 Å². The molecule has 0 aliphatic carbocycles. The number of carbonyl (C=O) groups is 1. The molecule has 0 saturated carbocycles. The molecule has 8 heteroatoms. The largest absolute Gasteiger partial charge is 0.376 e. The normalized spacial score (nSPS) is 27.6. The summed E-state index contributed by atoms with van der Waals surface area (Å²) >= 11 is 0. The third kappa shape index (κ3) is 4.92. The predicted octanol–water partition coefficient (Wildman–Crippen LogP) is -0.111. The first kappa shape index (κ1) is 15.5. The second kappa shape index (κ2) is 6.73. The maximum Gasteiger partial charge on any atom is 0.317 e. The van der Waals surface area contributed by atoms with Crippen LogP contribution in [0.1, 0.15) is 25.7 Å². The number of likely N-dealkylation sites (tertiary alicyclic amines) is 1. The fourth-order valence-corrected chi connectivity index (χ4v) is 3.48. The quantitative estimate of drug-likeness (QED) is 0.758. The minimum atomic E-state index is -3.23. The zero-order valence-corrected chi connectivity index (χ0v) is 12.6. The first-order valence-corrected chi connectivity index (χ1v) is 8.95. The average molecular weight is 305 g/mol. The van der Waals surface area contributed by atoms with Crippen molar-refractivity contribution in [3.05, 3.63) is 0 Å². The molecule has 2 heterocycles. The zero-order valence-electron chi connectivity index (χ0n) is 11.8. The molecular formula is C12H23N3O4S. The molecule has 20 heavy (non-hydrogen) atoms. The number of urea groups is 1. The highest BCUT2D eigenvalue weighted by Gasteiger charge is 2.26. The van der Waals surface area contributed by atoms with Crippen molar-refractivity contribution in [2.75, 3.05) is 32.5 Å². The van der Waals surface area contributed by atoms with E-state index in [9.17, 15) is 13.2 Å². The molecule has 2 aliphatic rings. The van der Waals surface area contributed by atoms with Crippen LogP contribution in [0.25, 0.3) is 0 Å². The summed E-state index contributed by atoms with van der Waals surface area (Å²) in [6.07, 6.45) is 4.86. The molecule has 7 nitrogen and oxygen atoms in total. The van der Waals surface area contributed by atoms with E-state index in [0.29, 0.717) is 19.6 Å². The van der Waals surface area contributed by atoms with Crippen LogP contribution in [0.4, 0.5) is 4.79 Å². The smallest absolute Gasteiger partial charge is 0.317 e. The van der Waals surface area contributed by atoms with Gasteiger partial charge >= 0.3 is 6.03 Å². The number of hydrogen-bond donors (Lipinski definition) is 2. The molecule has 2 N–H and O–H groups in total. The molecule has 116 valence electrons. The second-order valence-electron chi connectivity index (χ2n) is 5.50. The van der Waals surface area contributed by atoms with E-state index in [0.717, 1.165) is 38.5 Å². The molecule has 0 unspecified atom stereocenters. The van der Waals surface area contributed by atoms with Crippen molar-refractivity contribution in [1.82, 2.24) is 14.9 Å². The number of hydrogen-bond acceptors (Lipinski definition) is 4. The SMILES string of the molecule is CS(=O)(=O)N[C@H]1CCCN(C(=O)NC[C@@H]2CCCO2)C1. The van der Waals surface area contributed by atoms with Gasteiger partial charge in [-0.2, -0.15) is 0 Å². The van der Waals surface area contributed by atoms with Gasteiger partial charge in [-0.15, -0.1) is 0 Å². The Morgan fingerprint density at radius 2 is 2.15 bits per heavy atom. The van der Waals surface area contributed by atoms with Crippen LogP contribution in [-0.2, 0) is 14.8 Å². The molecule has 0 aromatic carbocycles. The molecule has 0 aromatic rings. The molecule has 0 aromatic heterocycles. The minimum absolute atomic E-state index is 0.119. The van der Waals surface area contributed by atoms with Crippen molar-refractivity contribution in [2.45, 2.75) is 37.8 Å². The Hall–Kier alpha value is -0.860. The topological polar surface area (TPSA) is 87.7 Å². The van der Waals surface area contributed by atoms with Crippen LogP contribution in [0.5, 0.6) is 0 Å². The van der Waals surface area contributed by atoms with Gasteiger partial charge in [0.1, 0.15) is 0 Å². The second-order valence-corrected chi connectivity index (χ2v) is 7.28. The van der Waals surface area contributed by atoms with E-state index >= 15 is 0 Å². The van der Waals surface area contributed by atoms with Crippen LogP contribution in [0, 0.1) is 0 Å². The highest BCUT2D eigenvalue weighted by molar-refractivity contribution is 7.88. The van der Waals surface area contributed by atoms with Crippen molar-refractivity contribution in [3.63, 3.8) is 0 Å². The Labute approximate surface area is 120 Å². The summed E-state index contributed by atoms with van der Waals surface area (Å²) in [7, 11) is -3.23. The first-order valence-electron chi connectivity index (χ1n) is 7.06. The third-order valence-electron chi connectivity index (χ3n) is 3.59. The van der Waals surface area contributed by atoms with Crippen molar-refractivity contribution >= 4 is 16.1 Å². The zero-order chi connectivity index (χ0) is 14.6. The van der Waals surface area contributed by atoms with E-state index in [1.165, 1.54) is 0 Å². The highest BCUT2D eigenvalue weighted by Crippen LogP contribution is 2.13. The summed E-state index contributed by atoms with van der Waals surface area (Å²) in [5.74, 6) is 0. The fourth-order valence-electron chi connectivity index (χ4n) is 2.68. The summed E-state index contributed by atoms with van der Waals surface area (Å²) in [6, 6.07) is -0.326. The fraction of sp³-hybridized carbons (Fsp3) is 0.917. The number of amides is 2. The summed E-state index contributed by atoms with van der Waals surface area (Å²) in [6.45, 7) is 2.38. The molecule has 0 bridgehead atoms. The van der Waals surface area contributed by atoms with Gasteiger partial charge in [-0.05, 0) is 25.7 Å². The number of carbonyl (C=O) groups excluding carboxylic acids is 1. The van der Waals surface area contributed by atoms with E-state index < -0.39 is 10.0 Å². The minimum Gasteiger partial charge on any atom is -0.376 e. The van der Waals surface area contributed by atoms with Crippen molar-refractivity contribution < 1.29 is 17.9 Å². The van der Waals surface area contributed by atoms with Gasteiger partial charge in [-0.1, -0.05) is 0 Å². The number of piperidine rings is 1. The van der Waals surface area contributed by atoms with Crippen molar-refractivity contribution in [2.24, 2.45) is 0 Å². The predicted molar refractivity (Wildman–Crippen MR) is 74.9 cm³/mol. The monoisotopic (exact) mass is 305 g/mol. The summed E-state index contributed by atoms with van der Waals surface area (Å²) < 4.78 is 30.5. The average Bonchev–Trinajstić information content (AvgIpc) is 2.87. The van der Waals surface area contributed by atoms with Gasteiger partial charge in [0.25, 0.3) is 0 Å². The van der Waals surface area contributed by atoms with Gasteiger partial charge in [-0.25, -0.2) is 17.9 Å². The third-order valence-corrected chi connectivity index (χ3v) is 4.36. The van der Waals surface area contributed by atoms with E-state index in [1.807, 2.05) is 0 Å². The molecular weight excluding hydrogens is 282 g/mol. The van der Waals surface area contributed by atoms with Crippen LogP contribution in [-0.4, -0.2) is 64.0 Å². The molecule has 0 spiro atoms. The Kier molecular flexibility index (Phi) is 5.22. The lowest BCUT2D eigenvalue weighted by Crippen LogP contribution is -2.52. The Bertz CT molecular complexity index is 434. The highest BCUT2D eigenvalue weighted by atomic mass is 32.2. The van der Waals surface area contributed by atoms with E-state index in [4.69, 9.17) is 4.74 Å². The lowest BCUT2D eigenvalue weighted by Gasteiger charge is -2.33. The standard InChI is InChI=1S/C12H23N3O4S/c1-20(17,18)14-10-4-2-6-15(9-10)12(16)13-8-11-5-3-7-19-11/h10-11,14H,2-9H2,1H3,(H,13,16)/t10-,11-/m0/s1. The Morgan fingerprint density at radius 3 is 2.80 bits per heavy atom. The summed E-state index contributed by atoms with van der Waals surface area (Å²) in [5, 5.41) is 2.86. The molecule has 2 amide bonds. The maximum absolute atomic E-state index is 12.0. The van der Waals surface area contributed by atoms with Gasteiger partial charge in [0.2, 0.25) is 10.0 Å². The molecule has 0 radical (unpaired) electrons. The molecule has 2 rings (SSSR count). The molecule has 2 fully saturated rings. The first-order chi connectivity index (χ1) is 9.44. The number of rotatable bonds is 4. The van der Waals surface area contributed by atoms with Gasteiger partial charge < -0.3 is 15.0 Å².